The maximum atomic E-state index is 3.77. The van der Waals surface area contributed by atoms with E-state index in [1.165, 1.54) is 45.1 Å². The molecule has 2 heteroatoms. The summed E-state index contributed by atoms with van der Waals surface area (Å²) in [5.41, 5.74) is 0. The second-order valence-electron chi connectivity index (χ2n) is 6.92. The predicted molar refractivity (Wildman–Crippen MR) is 83.5 cm³/mol. The normalized spacial score (nSPS) is 41.4. The molecule has 2 fully saturated rings. The fraction of sp³-hybridized carbons (Fsp3) is 1.00. The van der Waals surface area contributed by atoms with Gasteiger partial charge in [0, 0.05) is 18.1 Å². The number of hydrogen-bond donors (Lipinski definition) is 1. The van der Waals surface area contributed by atoms with Crippen LogP contribution in [0.2, 0.25) is 0 Å². The van der Waals surface area contributed by atoms with Crippen molar-refractivity contribution in [2.75, 3.05) is 13.1 Å². The highest BCUT2D eigenvalue weighted by Gasteiger charge is 2.37. The van der Waals surface area contributed by atoms with Crippen LogP contribution in [0.5, 0.6) is 0 Å². The Hall–Kier alpha value is -0.0800. The SMILES string of the molecule is CCNC1CCC(CC)CC1N1CCCC(C)C1C. The van der Waals surface area contributed by atoms with Gasteiger partial charge in [-0.15, -0.1) is 0 Å². The van der Waals surface area contributed by atoms with Gasteiger partial charge in [-0.05, 0) is 64.0 Å². The van der Waals surface area contributed by atoms with E-state index in [0.29, 0.717) is 0 Å². The predicted octanol–water partition coefficient (Wildman–Crippen LogP) is 3.66. The molecule has 0 aromatic rings. The smallest absolute Gasteiger partial charge is 0.0254 e. The van der Waals surface area contributed by atoms with Crippen LogP contribution < -0.4 is 5.32 Å². The van der Waals surface area contributed by atoms with Crippen molar-refractivity contribution in [3.8, 4) is 0 Å². The minimum atomic E-state index is 0.737. The molecule has 0 spiro atoms. The Labute approximate surface area is 120 Å². The second kappa shape index (κ2) is 7.08. The summed E-state index contributed by atoms with van der Waals surface area (Å²) in [6.07, 6.45) is 8.43. The third-order valence-electron chi connectivity index (χ3n) is 5.82. The molecule has 1 aliphatic carbocycles. The Kier molecular flexibility index (Phi) is 5.70. The van der Waals surface area contributed by atoms with Gasteiger partial charge in [0.25, 0.3) is 0 Å². The number of likely N-dealkylation sites (N-methyl/N-ethyl adjacent to an activating group) is 1. The summed E-state index contributed by atoms with van der Waals surface area (Å²) in [4.78, 5) is 2.85. The Morgan fingerprint density at radius 3 is 2.58 bits per heavy atom. The van der Waals surface area contributed by atoms with Crippen molar-refractivity contribution in [3.63, 3.8) is 0 Å². The summed E-state index contributed by atoms with van der Waals surface area (Å²) < 4.78 is 0. The molecule has 5 unspecified atom stereocenters. The molecule has 2 aliphatic rings. The molecule has 19 heavy (non-hydrogen) atoms. The van der Waals surface area contributed by atoms with Crippen molar-refractivity contribution in [1.29, 1.82) is 0 Å². The zero-order chi connectivity index (χ0) is 13.8. The Bertz CT molecular complexity index is 266. The highest BCUT2D eigenvalue weighted by atomic mass is 15.2. The van der Waals surface area contributed by atoms with Crippen molar-refractivity contribution >= 4 is 0 Å². The maximum Gasteiger partial charge on any atom is 0.0254 e. The Balaban J connectivity index is 2.06. The molecule has 0 bridgehead atoms. The van der Waals surface area contributed by atoms with Crippen LogP contribution in [0.3, 0.4) is 0 Å². The van der Waals surface area contributed by atoms with Crippen LogP contribution in [-0.4, -0.2) is 36.1 Å². The quantitative estimate of drug-likeness (QED) is 0.835. The topological polar surface area (TPSA) is 15.3 Å². The lowest BCUT2D eigenvalue weighted by molar-refractivity contribution is 0.0205. The number of nitrogens with one attached hydrogen (secondary N) is 1. The van der Waals surface area contributed by atoms with Crippen LogP contribution in [0.15, 0.2) is 0 Å². The summed E-state index contributed by atoms with van der Waals surface area (Å²) in [7, 11) is 0. The first-order valence-corrected chi connectivity index (χ1v) is 8.66. The lowest BCUT2D eigenvalue weighted by Crippen LogP contribution is -2.58. The lowest BCUT2D eigenvalue weighted by atomic mass is 9.78. The highest BCUT2D eigenvalue weighted by Crippen LogP contribution is 2.34. The Morgan fingerprint density at radius 2 is 1.89 bits per heavy atom. The van der Waals surface area contributed by atoms with Crippen LogP contribution in [0, 0.1) is 11.8 Å². The first kappa shape index (κ1) is 15.3. The van der Waals surface area contributed by atoms with E-state index < -0.39 is 0 Å². The van der Waals surface area contributed by atoms with E-state index in [4.69, 9.17) is 0 Å². The van der Waals surface area contributed by atoms with E-state index in [-0.39, 0.29) is 0 Å². The fourth-order valence-corrected chi connectivity index (χ4v) is 4.30. The van der Waals surface area contributed by atoms with Crippen LogP contribution in [0.4, 0.5) is 0 Å². The van der Waals surface area contributed by atoms with E-state index in [9.17, 15) is 0 Å². The van der Waals surface area contributed by atoms with Crippen LogP contribution in [0.1, 0.15) is 66.2 Å². The van der Waals surface area contributed by atoms with Gasteiger partial charge in [-0.2, -0.15) is 0 Å². The minimum Gasteiger partial charge on any atom is -0.313 e. The van der Waals surface area contributed by atoms with Crippen molar-refractivity contribution < 1.29 is 0 Å². The van der Waals surface area contributed by atoms with E-state index in [1.807, 2.05) is 0 Å². The molecule has 1 saturated carbocycles. The monoisotopic (exact) mass is 266 g/mol. The van der Waals surface area contributed by atoms with Gasteiger partial charge in [-0.3, -0.25) is 4.90 Å². The van der Waals surface area contributed by atoms with Gasteiger partial charge < -0.3 is 5.32 Å². The van der Waals surface area contributed by atoms with Crippen molar-refractivity contribution in [2.45, 2.75) is 84.3 Å². The van der Waals surface area contributed by atoms with Gasteiger partial charge in [0.05, 0.1) is 0 Å². The summed E-state index contributed by atoms with van der Waals surface area (Å²) >= 11 is 0. The zero-order valence-corrected chi connectivity index (χ0v) is 13.5. The molecule has 1 heterocycles. The standard InChI is InChI=1S/C17H34N2/c1-5-15-9-10-16(18-6-2)17(12-15)19-11-7-8-13(3)14(19)4/h13-18H,5-12H2,1-4H3. The van der Waals surface area contributed by atoms with Gasteiger partial charge in [-0.25, -0.2) is 0 Å². The molecular weight excluding hydrogens is 232 g/mol. The lowest BCUT2D eigenvalue weighted by Gasteiger charge is -2.49. The van der Waals surface area contributed by atoms with Gasteiger partial charge in [0.2, 0.25) is 0 Å². The summed E-state index contributed by atoms with van der Waals surface area (Å²) in [6.45, 7) is 12.0. The third kappa shape index (κ3) is 3.52. The van der Waals surface area contributed by atoms with Crippen molar-refractivity contribution in [3.05, 3.63) is 0 Å². The first-order chi connectivity index (χ1) is 9.17. The van der Waals surface area contributed by atoms with Gasteiger partial charge >= 0.3 is 0 Å². The van der Waals surface area contributed by atoms with Crippen LogP contribution >= 0.6 is 0 Å². The minimum absolute atomic E-state index is 0.737. The van der Waals surface area contributed by atoms with Gasteiger partial charge in [-0.1, -0.05) is 27.2 Å². The number of hydrogen-bond acceptors (Lipinski definition) is 2. The molecule has 1 aliphatic heterocycles. The average Bonchev–Trinajstić information content (AvgIpc) is 2.43. The molecule has 1 N–H and O–H groups in total. The molecular formula is C17H34N2. The van der Waals surface area contributed by atoms with E-state index in [2.05, 4.69) is 37.9 Å². The van der Waals surface area contributed by atoms with E-state index in [1.54, 1.807) is 0 Å². The highest BCUT2D eigenvalue weighted by molar-refractivity contribution is 4.94. The average molecular weight is 266 g/mol. The maximum absolute atomic E-state index is 3.77. The van der Waals surface area contributed by atoms with Crippen LogP contribution in [-0.2, 0) is 0 Å². The molecule has 0 aromatic carbocycles. The van der Waals surface area contributed by atoms with Crippen molar-refractivity contribution in [1.82, 2.24) is 10.2 Å². The molecule has 1 saturated heterocycles. The number of rotatable bonds is 4. The zero-order valence-electron chi connectivity index (χ0n) is 13.5. The molecule has 2 nitrogen and oxygen atoms in total. The molecule has 0 amide bonds. The van der Waals surface area contributed by atoms with E-state index >= 15 is 0 Å². The molecule has 2 rings (SSSR count). The largest absolute Gasteiger partial charge is 0.313 e. The molecule has 112 valence electrons. The molecule has 0 radical (unpaired) electrons. The van der Waals surface area contributed by atoms with Gasteiger partial charge in [0.1, 0.15) is 0 Å². The number of nitrogens with zero attached hydrogens (tertiary/aromatic N) is 1. The van der Waals surface area contributed by atoms with Crippen molar-refractivity contribution in [2.24, 2.45) is 11.8 Å². The third-order valence-corrected chi connectivity index (χ3v) is 5.82. The number of piperidine rings is 1. The summed E-state index contributed by atoms with van der Waals surface area (Å²) in [5, 5.41) is 3.77. The molecule has 0 aromatic heterocycles. The summed E-state index contributed by atoms with van der Waals surface area (Å²) in [5.74, 6) is 1.84. The number of likely N-dealkylation sites (tertiary alicyclic amines) is 1. The summed E-state index contributed by atoms with van der Waals surface area (Å²) in [6, 6.07) is 2.30. The molecule has 5 atom stereocenters. The van der Waals surface area contributed by atoms with Gasteiger partial charge in [0.15, 0.2) is 0 Å². The van der Waals surface area contributed by atoms with Crippen LogP contribution in [0.25, 0.3) is 0 Å². The second-order valence-corrected chi connectivity index (χ2v) is 6.92. The fourth-order valence-electron chi connectivity index (χ4n) is 4.30. The first-order valence-electron chi connectivity index (χ1n) is 8.66. The Morgan fingerprint density at radius 1 is 1.11 bits per heavy atom. The van der Waals surface area contributed by atoms with E-state index in [0.717, 1.165) is 36.5 Å².